The number of carboxylic acids is 1. The molecule has 1 aliphatic heterocycles. The molecule has 1 heterocycles. The van der Waals surface area contributed by atoms with Crippen molar-refractivity contribution in [1.82, 2.24) is 0 Å². The lowest BCUT2D eigenvalue weighted by Gasteiger charge is -2.42. The van der Waals surface area contributed by atoms with Gasteiger partial charge in [-0.2, -0.15) is 0 Å². The summed E-state index contributed by atoms with van der Waals surface area (Å²) in [6, 6.07) is 0. The van der Waals surface area contributed by atoms with Gasteiger partial charge in [-0.05, 0) is 26.7 Å². The van der Waals surface area contributed by atoms with Crippen LogP contribution in [-0.4, -0.2) is 74.4 Å². The van der Waals surface area contributed by atoms with Crippen molar-refractivity contribution in [3.05, 3.63) is 24.3 Å². The second kappa shape index (κ2) is 8.70. The third-order valence-corrected chi connectivity index (χ3v) is 4.10. The van der Waals surface area contributed by atoms with Gasteiger partial charge in [0.05, 0.1) is 23.9 Å². The van der Waals surface area contributed by atoms with E-state index in [1.165, 1.54) is 12.2 Å². The largest absolute Gasteiger partial charge is 0.478 e. The Morgan fingerprint density at radius 2 is 1.92 bits per heavy atom. The third kappa shape index (κ3) is 5.10. The Hall–Kier alpha value is -1.29. The number of hydrogen-bond donors (Lipinski definition) is 5. The second-order valence-corrected chi connectivity index (χ2v) is 6.05. The molecule has 0 aromatic carbocycles. The molecule has 0 spiro atoms. The quantitative estimate of drug-likeness (QED) is 0.295. The highest BCUT2D eigenvalue weighted by Gasteiger charge is 2.44. The van der Waals surface area contributed by atoms with Crippen LogP contribution in [0.4, 0.5) is 0 Å². The predicted octanol–water partition coefficient (Wildman–Crippen LogP) is -0.441. The van der Waals surface area contributed by atoms with E-state index < -0.39 is 48.9 Å². The second-order valence-electron chi connectivity index (χ2n) is 6.05. The topological polar surface area (TPSA) is 137 Å². The van der Waals surface area contributed by atoms with E-state index in [9.17, 15) is 20.1 Å². The lowest BCUT2D eigenvalue weighted by molar-refractivity contribution is -0.313. The molecule has 138 valence electrons. The Kier molecular flexibility index (Phi) is 7.53. The van der Waals surface area contributed by atoms with E-state index in [2.05, 4.69) is 6.58 Å². The van der Waals surface area contributed by atoms with Gasteiger partial charge < -0.3 is 35.0 Å². The molecule has 0 aromatic rings. The summed E-state index contributed by atoms with van der Waals surface area (Å²) in [6.45, 7) is 6.31. The van der Waals surface area contributed by atoms with Gasteiger partial charge >= 0.3 is 5.97 Å². The van der Waals surface area contributed by atoms with Crippen LogP contribution in [-0.2, 0) is 14.3 Å². The molecular weight excluding hydrogens is 320 g/mol. The van der Waals surface area contributed by atoms with Gasteiger partial charge in [-0.25, -0.2) is 4.79 Å². The van der Waals surface area contributed by atoms with Crippen molar-refractivity contribution in [3.63, 3.8) is 0 Å². The molecule has 5 N–H and O–H groups in total. The zero-order valence-electron chi connectivity index (χ0n) is 13.8. The Labute approximate surface area is 140 Å². The summed E-state index contributed by atoms with van der Waals surface area (Å²) in [5, 5.41) is 47.3. The smallest absolute Gasteiger partial charge is 0.333 e. The predicted molar refractivity (Wildman–Crippen MR) is 84.1 cm³/mol. The Bertz CT molecular complexity index is 477. The SMILES string of the molecule is C=CC(C)(CCC=C(CO)C(=O)O)O[C@@H]1O[C@H](C)[C@@H](O)[C@H](O)[C@H]1O. The van der Waals surface area contributed by atoms with Crippen LogP contribution in [0.1, 0.15) is 26.7 Å². The number of carbonyl (C=O) groups is 1. The molecule has 0 radical (unpaired) electrons. The van der Waals surface area contributed by atoms with Crippen LogP contribution in [0, 0.1) is 0 Å². The summed E-state index contributed by atoms with van der Waals surface area (Å²) in [5.41, 5.74) is -1.09. The van der Waals surface area contributed by atoms with Gasteiger partial charge in [-0.1, -0.05) is 12.2 Å². The fraction of sp³-hybridized carbons (Fsp3) is 0.688. The highest BCUT2D eigenvalue weighted by Crippen LogP contribution is 2.28. The normalized spacial score (nSPS) is 33.8. The van der Waals surface area contributed by atoms with Crippen LogP contribution in [0.5, 0.6) is 0 Å². The van der Waals surface area contributed by atoms with Crippen LogP contribution in [0.3, 0.4) is 0 Å². The number of carboxylic acid groups (broad SMARTS) is 1. The van der Waals surface area contributed by atoms with Crippen molar-refractivity contribution < 1.29 is 39.8 Å². The molecule has 6 atom stereocenters. The van der Waals surface area contributed by atoms with E-state index >= 15 is 0 Å². The first-order chi connectivity index (χ1) is 11.1. The zero-order chi connectivity index (χ0) is 18.5. The highest BCUT2D eigenvalue weighted by atomic mass is 16.7. The summed E-state index contributed by atoms with van der Waals surface area (Å²) < 4.78 is 11.1. The molecule has 0 bridgehead atoms. The number of allylic oxidation sites excluding steroid dienone is 1. The lowest BCUT2D eigenvalue weighted by atomic mass is 9.97. The first-order valence-corrected chi connectivity index (χ1v) is 7.69. The Morgan fingerprint density at radius 3 is 2.42 bits per heavy atom. The van der Waals surface area contributed by atoms with Gasteiger partial charge in [0, 0.05) is 0 Å². The van der Waals surface area contributed by atoms with Crippen LogP contribution in [0.25, 0.3) is 0 Å². The molecule has 0 saturated carbocycles. The van der Waals surface area contributed by atoms with Gasteiger partial charge in [-0.3, -0.25) is 0 Å². The van der Waals surface area contributed by atoms with Crippen LogP contribution < -0.4 is 0 Å². The van der Waals surface area contributed by atoms with Crippen molar-refractivity contribution in [2.24, 2.45) is 0 Å². The van der Waals surface area contributed by atoms with Crippen LogP contribution in [0.15, 0.2) is 24.3 Å². The van der Waals surface area contributed by atoms with Gasteiger partial charge in [0.1, 0.15) is 18.3 Å². The van der Waals surface area contributed by atoms with Gasteiger partial charge in [-0.15, -0.1) is 6.58 Å². The molecule has 24 heavy (non-hydrogen) atoms. The maximum absolute atomic E-state index is 10.8. The molecule has 8 heteroatoms. The van der Waals surface area contributed by atoms with E-state index in [0.717, 1.165) is 0 Å². The summed E-state index contributed by atoms with van der Waals surface area (Å²) >= 11 is 0. The first kappa shape index (κ1) is 20.8. The summed E-state index contributed by atoms with van der Waals surface area (Å²) in [5.74, 6) is -1.20. The molecule has 1 saturated heterocycles. The van der Waals surface area contributed by atoms with Crippen LogP contribution in [0.2, 0.25) is 0 Å². The van der Waals surface area contributed by atoms with Crippen molar-refractivity contribution in [2.75, 3.05) is 6.61 Å². The summed E-state index contributed by atoms with van der Waals surface area (Å²) in [7, 11) is 0. The van der Waals surface area contributed by atoms with E-state index in [0.29, 0.717) is 6.42 Å². The zero-order valence-corrected chi connectivity index (χ0v) is 13.8. The number of rotatable bonds is 8. The van der Waals surface area contributed by atoms with Crippen LogP contribution >= 0.6 is 0 Å². The minimum absolute atomic E-state index is 0.123. The van der Waals surface area contributed by atoms with Gasteiger partial charge in [0.25, 0.3) is 0 Å². The Balaban J connectivity index is 2.74. The maximum Gasteiger partial charge on any atom is 0.333 e. The minimum atomic E-state index is -1.43. The molecule has 0 aliphatic carbocycles. The molecule has 1 rings (SSSR count). The van der Waals surface area contributed by atoms with E-state index in [4.69, 9.17) is 19.7 Å². The fourth-order valence-electron chi connectivity index (χ4n) is 2.34. The van der Waals surface area contributed by atoms with Crippen molar-refractivity contribution >= 4 is 5.97 Å². The van der Waals surface area contributed by atoms with E-state index in [1.807, 2.05) is 0 Å². The van der Waals surface area contributed by atoms with Gasteiger partial charge in [0.2, 0.25) is 0 Å². The highest BCUT2D eigenvalue weighted by molar-refractivity contribution is 5.86. The first-order valence-electron chi connectivity index (χ1n) is 7.69. The molecule has 8 nitrogen and oxygen atoms in total. The van der Waals surface area contributed by atoms with Gasteiger partial charge in [0.15, 0.2) is 6.29 Å². The molecular formula is C16H26O8. The molecule has 1 fully saturated rings. The number of ether oxygens (including phenoxy) is 2. The fourth-order valence-corrected chi connectivity index (χ4v) is 2.34. The van der Waals surface area contributed by atoms with Crippen molar-refractivity contribution in [1.29, 1.82) is 0 Å². The molecule has 0 amide bonds. The van der Waals surface area contributed by atoms with Crippen molar-refractivity contribution in [2.45, 2.75) is 63.0 Å². The number of aliphatic hydroxyl groups excluding tert-OH is 4. The summed E-state index contributed by atoms with van der Waals surface area (Å²) in [4.78, 5) is 10.8. The maximum atomic E-state index is 10.8. The number of aliphatic carboxylic acids is 1. The summed E-state index contributed by atoms with van der Waals surface area (Å²) in [6.07, 6.45) is -2.48. The lowest BCUT2D eigenvalue weighted by Crippen LogP contribution is -2.58. The average Bonchev–Trinajstić information content (AvgIpc) is 2.54. The van der Waals surface area contributed by atoms with Crippen molar-refractivity contribution in [3.8, 4) is 0 Å². The van der Waals surface area contributed by atoms with E-state index in [-0.39, 0.29) is 12.0 Å². The molecule has 1 unspecified atom stereocenters. The average molecular weight is 346 g/mol. The molecule has 0 aromatic heterocycles. The standard InChI is InChI=1S/C16H26O8/c1-4-16(3,7-5-6-10(8-17)14(21)22)24-15-13(20)12(19)11(18)9(2)23-15/h4,6,9,11-13,15,17-20H,1,5,7-8H2,2-3H3,(H,21,22)/t9-,11-,12+,13-,15+,16?/m1/s1. The number of hydrogen-bond acceptors (Lipinski definition) is 7. The Morgan fingerprint density at radius 1 is 1.29 bits per heavy atom. The molecule has 1 aliphatic rings. The third-order valence-electron chi connectivity index (χ3n) is 4.10. The number of aliphatic hydroxyl groups is 4. The minimum Gasteiger partial charge on any atom is -0.478 e. The monoisotopic (exact) mass is 346 g/mol. The van der Waals surface area contributed by atoms with E-state index in [1.54, 1.807) is 13.8 Å².